The Morgan fingerprint density at radius 3 is 2.94 bits per heavy atom. The van der Waals surface area contributed by atoms with Gasteiger partial charge in [-0.2, -0.15) is 9.61 Å². The van der Waals surface area contributed by atoms with Crippen molar-refractivity contribution in [3.63, 3.8) is 0 Å². The lowest BCUT2D eigenvalue weighted by molar-refractivity contribution is -0.133. The smallest absolute Gasteiger partial charge is 0.313 e. The molecule has 16 heavy (non-hydrogen) atoms. The number of carboxylic acid groups (broad SMARTS) is 1. The molecule has 0 bridgehead atoms. The Hall–Kier alpha value is -1.63. The third-order valence-electron chi connectivity index (χ3n) is 1.97. The number of aliphatic carboxylic acids is 1. The minimum absolute atomic E-state index is 0.0462. The summed E-state index contributed by atoms with van der Waals surface area (Å²) < 4.78 is 1.58. The van der Waals surface area contributed by atoms with E-state index in [1.54, 1.807) is 4.52 Å². The van der Waals surface area contributed by atoms with Crippen LogP contribution in [0.2, 0.25) is 0 Å². The average molecular weight is 238 g/mol. The van der Waals surface area contributed by atoms with Gasteiger partial charge in [0.2, 0.25) is 5.16 Å². The van der Waals surface area contributed by atoms with E-state index in [0.717, 1.165) is 23.0 Å². The molecule has 0 aliphatic heterocycles. The van der Waals surface area contributed by atoms with E-state index in [4.69, 9.17) is 5.11 Å². The van der Waals surface area contributed by atoms with Crippen LogP contribution in [0, 0.1) is 13.8 Å². The number of carbonyl (C=O) groups is 1. The largest absolute Gasteiger partial charge is 0.481 e. The number of aryl methyl sites for hydroxylation is 2. The second kappa shape index (κ2) is 4.09. The topological polar surface area (TPSA) is 80.4 Å². The molecule has 2 aromatic rings. The highest BCUT2D eigenvalue weighted by molar-refractivity contribution is 7.99. The molecule has 0 spiro atoms. The van der Waals surface area contributed by atoms with E-state index in [0.29, 0.717) is 10.8 Å². The Morgan fingerprint density at radius 1 is 1.50 bits per heavy atom. The van der Waals surface area contributed by atoms with Gasteiger partial charge >= 0.3 is 5.97 Å². The van der Waals surface area contributed by atoms with Gasteiger partial charge in [0.1, 0.15) is 0 Å². The van der Waals surface area contributed by atoms with Crippen molar-refractivity contribution in [3.05, 3.63) is 17.3 Å². The summed E-state index contributed by atoms with van der Waals surface area (Å²) in [6.07, 6.45) is 0. The van der Waals surface area contributed by atoms with Crippen LogP contribution in [0.3, 0.4) is 0 Å². The number of carboxylic acids is 1. The lowest BCUT2D eigenvalue weighted by atomic mass is 10.3. The van der Waals surface area contributed by atoms with Gasteiger partial charge in [-0.15, -0.1) is 10.2 Å². The molecule has 0 fully saturated rings. The summed E-state index contributed by atoms with van der Waals surface area (Å²) in [5.74, 6) is -0.929. The Labute approximate surface area is 95.7 Å². The van der Waals surface area contributed by atoms with Crippen molar-refractivity contribution < 1.29 is 9.90 Å². The van der Waals surface area contributed by atoms with Gasteiger partial charge in [0.25, 0.3) is 0 Å². The molecule has 2 aromatic heterocycles. The Bertz CT molecular complexity index is 552. The minimum atomic E-state index is -0.883. The number of hydrogen-bond donors (Lipinski definition) is 1. The van der Waals surface area contributed by atoms with E-state index in [1.807, 2.05) is 19.9 Å². The van der Waals surface area contributed by atoms with Crippen molar-refractivity contribution in [2.45, 2.75) is 19.0 Å². The van der Waals surface area contributed by atoms with Gasteiger partial charge in [-0.1, -0.05) is 11.8 Å². The van der Waals surface area contributed by atoms with Crippen LogP contribution >= 0.6 is 11.8 Å². The first kappa shape index (κ1) is 10.9. The summed E-state index contributed by atoms with van der Waals surface area (Å²) in [5.41, 5.74) is 2.49. The molecule has 1 N–H and O–H groups in total. The number of rotatable bonds is 3. The van der Waals surface area contributed by atoms with E-state index in [-0.39, 0.29) is 5.75 Å². The first-order valence-electron chi connectivity index (χ1n) is 4.62. The van der Waals surface area contributed by atoms with Crippen LogP contribution in [-0.4, -0.2) is 36.6 Å². The van der Waals surface area contributed by atoms with Crippen LogP contribution in [0.15, 0.2) is 11.2 Å². The third-order valence-corrected chi connectivity index (χ3v) is 2.88. The van der Waals surface area contributed by atoms with Gasteiger partial charge in [-0.25, -0.2) is 0 Å². The Balaban J connectivity index is 2.43. The zero-order valence-corrected chi connectivity index (χ0v) is 9.65. The molecule has 0 saturated heterocycles. The van der Waals surface area contributed by atoms with Crippen LogP contribution < -0.4 is 0 Å². The second-order valence-electron chi connectivity index (χ2n) is 3.37. The fraction of sp³-hybridized carbons (Fsp3) is 0.333. The molecule has 0 amide bonds. The maximum absolute atomic E-state index is 10.5. The number of thioether (sulfide) groups is 1. The van der Waals surface area contributed by atoms with E-state index >= 15 is 0 Å². The monoisotopic (exact) mass is 238 g/mol. The summed E-state index contributed by atoms with van der Waals surface area (Å²) >= 11 is 1.11. The minimum Gasteiger partial charge on any atom is -0.481 e. The maximum Gasteiger partial charge on any atom is 0.313 e. The van der Waals surface area contributed by atoms with Crippen molar-refractivity contribution in [2.75, 3.05) is 5.75 Å². The van der Waals surface area contributed by atoms with E-state index < -0.39 is 5.97 Å². The second-order valence-corrected chi connectivity index (χ2v) is 4.31. The lowest BCUT2D eigenvalue weighted by Gasteiger charge is -2.00. The zero-order valence-electron chi connectivity index (χ0n) is 8.84. The van der Waals surface area contributed by atoms with E-state index in [1.165, 1.54) is 0 Å². The number of fused-ring (bicyclic) bond motifs is 1. The van der Waals surface area contributed by atoms with Crippen molar-refractivity contribution in [3.8, 4) is 0 Å². The van der Waals surface area contributed by atoms with Crippen LogP contribution in [0.4, 0.5) is 0 Å². The number of nitrogens with zero attached hydrogens (tertiary/aromatic N) is 4. The van der Waals surface area contributed by atoms with Crippen LogP contribution in [0.1, 0.15) is 11.3 Å². The van der Waals surface area contributed by atoms with E-state index in [2.05, 4.69) is 15.3 Å². The summed E-state index contributed by atoms with van der Waals surface area (Å²) in [6, 6.07) is 1.91. The van der Waals surface area contributed by atoms with Crippen LogP contribution in [0.25, 0.3) is 5.65 Å². The molecule has 7 heteroatoms. The molecule has 0 aliphatic rings. The highest BCUT2D eigenvalue weighted by Crippen LogP contribution is 2.17. The molecule has 0 saturated carbocycles. The Morgan fingerprint density at radius 2 is 2.25 bits per heavy atom. The molecule has 0 atom stereocenters. The molecule has 0 unspecified atom stereocenters. The van der Waals surface area contributed by atoms with Crippen molar-refractivity contribution in [2.24, 2.45) is 0 Å². The van der Waals surface area contributed by atoms with Gasteiger partial charge < -0.3 is 5.11 Å². The lowest BCUT2D eigenvalue weighted by Crippen LogP contribution is -2.02. The molecular weight excluding hydrogens is 228 g/mol. The van der Waals surface area contributed by atoms with Gasteiger partial charge in [0.15, 0.2) is 5.65 Å². The van der Waals surface area contributed by atoms with Gasteiger partial charge in [0.05, 0.1) is 11.4 Å². The fourth-order valence-electron chi connectivity index (χ4n) is 1.38. The quantitative estimate of drug-likeness (QED) is 0.801. The van der Waals surface area contributed by atoms with Crippen LogP contribution in [-0.2, 0) is 4.79 Å². The average Bonchev–Trinajstić information content (AvgIpc) is 2.58. The normalized spacial score (nSPS) is 10.9. The Kier molecular flexibility index (Phi) is 2.78. The highest BCUT2D eigenvalue weighted by Gasteiger charge is 2.11. The number of aromatic nitrogens is 4. The van der Waals surface area contributed by atoms with Crippen molar-refractivity contribution in [1.29, 1.82) is 0 Å². The number of hydrogen-bond acceptors (Lipinski definition) is 5. The van der Waals surface area contributed by atoms with Gasteiger partial charge in [-0.05, 0) is 25.5 Å². The maximum atomic E-state index is 10.5. The summed E-state index contributed by atoms with van der Waals surface area (Å²) in [6.45, 7) is 3.79. The molecule has 0 radical (unpaired) electrons. The predicted octanol–water partition coefficient (Wildman–Crippen LogP) is 0.918. The van der Waals surface area contributed by atoms with E-state index in [9.17, 15) is 4.79 Å². The summed E-state index contributed by atoms with van der Waals surface area (Å²) in [4.78, 5) is 10.5. The predicted molar refractivity (Wildman–Crippen MR) is 58.6 cm³/mol. The highest BCUT2D eigenvalue weighted by atomic mass is 32.2. The SMILES string of the molecule is Cc1cc(C)c2nnc(SCC(=O)O)n2n1. The van der Waals surface area contributed by atoms with Crippen LogP contribution in [0.5, 0.6) is 0 Å². The fourth-order valence-corrected chi connectivity index (χ4v) is 1.98. The molecule has 2 heterocycles. The first-order valence-corrected chi connectivity index (χ1v) is 5.61. The first-order chi connectivity index (χ1) is 7.58. The van der Waals surface area contributed by atoms with Gasteiger partial charge in [-0.3, -0.25) is 4.79 Å². The molecule has 2 rings (SSSR count). The van der Waals surface area contributed by atoms with Gasteiger partial charge in [0, 0.05) is 0 Å². The van der Waals surface area contributed by atoms with Crippen molar-refractivity contribution >= 4 is 23.4 Å². The summed E-state index contributed by atoms with van der Waals surface area (Å²) in [7, 11) is 0. The molecular formula is C9H10N4O2S. The zero-order chi connectivity index (χ0) is 11.7. The standard InChI is InChI=1S/C9H10N4O2S/c1-5-3-6(2)12-13-8(5)10-11-9(13)16-4-7(14)15/h3H,4H2,1-2H3,(H,14,15). The third kappa shape index (κ3) is 1.99. The van der Waals surface area contributed by atoms with Crippen molar-refractivity contribution in [1.82, 2.24) is 19.8 Å². The molecule has 6 nitrogen and oxygen atoms in total. The molecule has 84 valence electrons. The summed E-state index contributed by atoms with van der Waals surface area (Å²) in [5, 5.41) is 21.2. The molecule has 0 aromatic carbocycles. The molecule has 0 aliphatic carbocycles.